The van der Waals surface area contributed by atoms with E-state index in [-0.39, 0.29) is 17.6 Å². The predicted molar refractivity (Wildman–Crippen MR) is 140 cm³/mol. The van der Waals surface area contributed by atoms with Gasteiger partial charge in [-0.15, -0.1) is 0 Å². The van der Waals surface area contributed by atoms with Gasteiger partial charge in [0.25, 0.3) is 0 Å². The van der Waals surface area contributed by atoms with Crippen molar-refractivity contribution in [3.63, 3.8) is 0 Å². The van der Waals surface area contributed by atoms with Crippen LogP contribution in [0.25, 0.3) is 11.1 Å². The first-order valence-electron chi connectivity index (χ1n) is 12.7. The lowest BCUT2D eigenvalue weighted by Crippen LogP contribution is -2.30. The van der Waals surface area contributed by atoms with Crippen LogP contribution in [0.2, 0.25) is 0 Å². The largest absolute Gasteiger partial charge is 0.489 e. The van der Waals surface area contributed by atoms with E-state index in [0.717, 1.165) is 34.6 Å². The number of hydrogen-bond donors (Lipinski definition) is 1. The Morgan fingerprint density at radius 1 is 1.03 bits per heavy atom. The third-order valence-corrected chi connectivity index (χ3v) is 9.85. The van der Waals surface area contributed by atoms with Crippen molar-refractivity contribution in [1.29, 1.82) is 0 Å². The number of rotatable bonds is 6. The molecule has 2 aliphatic carbocycles. The van der Waals surface area contributed by atoms with Gasteiger partial charge in [-0.2, -0.15) is 0 Å². The molecular weight excluding hydrogens is 472 g/mol. The molecule has 36 heavy (non-hydrogen) atoms. The molecule has 1 aliphatic heterocycles. The Morgan fingerprint density at radius 3 is 2.61 bits per heavy atom. The molecule has 3 aliphatic rings. The first kappa shape index (κ1) is 23.5. The fraction of sp³-hybridized carbons (Fsp3) is 0.414. The topological polar surface area (TPSA) is 91.5 Å². The highest BCUT2D eigenvalue weighted by molar-refractivity contribution is 7.91. The van der Waals surface area contributed by atoms with E-state index in [1.54, 1.807) is 0 Å². The van der Waals surface area contributed by atoms with E-state index in [4.69, 9.17) is 15.2 Å². The van der Waals surface area contributed by atoms with E-state index in [9.17, 15) is 8.42 Å². The molecule has 2 aromatic carbocycles. The molecule has 2 fully saturated rings. The molecule has 0 radical (unpaired) electrons. The first-order chi connectivity index (χ1) is 17.3. The van der Waals surface area contributed by atoms with Crippen LogP contribution in [0.4, 0.5) is 0 Å². The third kappa shape index (κ3) is 4.39. The van der Waals surface area contributed by atoms with Crippen LogP contribution in [0.15, 0.2) is 48.5 Å². The van der Waals surface area contributed by atoms with Crippen LogP contribution >= 0.6 is 0 Å². The van der Waals surface area contributed by atoms with Crippen molar-refractivity contribution in [1.82, 2.24) is 4.98 Å². The van der Waals surface area contributed by atoms with E-state index in [1.807, 2.05) is 19.1 Å². The smallest absolute Gasteiger partial charge is 0.213 e. The van der Waals surface area contributed by atoms with Gasteiger partial charge in [-0.25, -0.2) is 13.4 Å². The number of nitrogens with two attached hydrogens (primary N) is 1. The van der Waals surface area contributed by atoms with Crippen molar-refractivity contribution in [2.75, 3.05) is 11.5 Å². The Morgan fingerprint density at radius 2 is 1.83 bits per heavy atom. The number of aromatic nitrogens is 1. The van der Waals surface area contributed by atoms with E-state index in [2.05, 4.69) is 48.3 Å². The number of pyridine rings is 1. The SMILES string of the molecule is Cc1nc(OC2CCS(=O)(=O)CC2)ccc1-c1cccc(COc2ccc3c(c2)C[C@H]2[C@H](N)[C@@H]32)c1C. The summed E-state index contributed by atoms with van der Waals surface area (Å²) in [5, 5.41) is 0. The Bertz CT molecular complexity index is 1420. The van der Waals surface area contributed by atoms with Crippen molar-refractivity contribution in [2.24, 2.45) is 11.7 Å². The van der Waals surface area contributed by atoms with Crippen molar-refractivity contribution in [3.8, 4) is 22.8 Å². The van der Waals surface area contributed by atoms with Gasteiger partial charge in [-0.05, 0) is 85.0 Å². The van der Waals surface area contributed by atoms with Gasteiger partial charge >= 0.3 is 0 Å². The van der Waals surface area contributed by atoms with Crippen LogP contribution in [0, 0.1) is 19.8 Å². The van der Waals surface area contributed by atoms with Crippen molar-refractivity contribution >= 4 is 9.84 Å². The highest BCUT2D eigenvalue weighted by Gasteiger charge is 2.53. The summed E-state index contributed by atoms with van der Waals surface area (Å²) in [4.78, 5) is 4.68. The van der Waals surface area contributed by atoms with Gasteiger partial charge in [0, 0.05) is 29.3 Å². The summed E-state index contributed by atoms with van der Waals surface area (Å²) in [6.45, 7) is 4.61. The summed E-state index contributed by atoms with van der Waals surface area (Å²) in [6, 6.07) is 17.0. The fourth-order valence-corrected chi connectivity index (χ4v) is 7.32. The van der Waals surface area contributed by atoms with Crippen molar-refractivity contribution < 1.29 is 17.9 Å². The number of nitrogens with zero attached hydrogens (tertiary/aromatic N) is 1. The van der Waals surface area contributed by atoms with Crippen LogP contribution in [0.5, 0.6) is 11.6 Å². The van der Waals surface area contributed by atoms with Crippen molar-refractivity contribution in [2.45, 2.75) is 57.8 Å². The second-order valence-electron chi connectivity index (χ2n) is 10.5. The minimum Gasteiger partial charge on any atom is -0.489 e. The molecule has 0 bridgehead atoms. The Balaban J connectivity index is 1.15. The minimum atomic E-state index is -2.91. The monoisotopic (exact) mass is 504 g/mol. The molecule has 1 aromatic heterocycles. The summed E-state index contributed by atoms with van der Waals surface area (Å²) in [5.74, 6) is 3.01. The molecule has 3 aromatic rings. The molecule has 1 saturated heterocycles. The average Bonchev–Trinajstić information content (AvgIpc) is 3.30. The van der Waals surface area contributed by atoms with Crippen LogP contribution in [-0.4, -0.2) is 37.1 Å². The maximum absolute atomic E-state index is 11.7. The average molecular weight is 505 g/mol. The number of sulfone groups is 1. The van der Waals surface area contributed by atoms with Gasteiger partial charge in [0.05, 0.1) is 11.5 Å². The normalized spacial score (nSPS) is 24.1. The fourth-order valence-electron chi connectivity index (χ4n) is 5.87. The minimum absolute atomic E-state index is 0.102. The number of benzene rings is 2. The Labute approximate surface area is 212 Å². The Hall–Kier alpha value is -2.90. The zero-order valence-electron chi connectivity index (χ0n) is 20.7. The highest BCUT2D eigenvalue weighted by atomic mass is 32.2. The molecular formula is C29H32N2O4S. The first-order valence-corrected chi connectivity index (χ1v) is 14.6. The molecule has 3 atom stereocenters. The van der Waals surface area contributed by atoms with Crippen LogP contribution in [0.3, 0.4) is 0 Å². The second-order valence-corrected chi connectivity index (χ2v) is 12.8. The van der Waals surface area contributed by atoms with Gasteiger partial charge in [-0.3, -0.25) is 0 Å². The molecule has 188 valence electrons. The van der Waals surface area contributed by atoms with Gasteiger partial charge < -0.3 is 15.2 Å². The van der Waals surface area contributed by atoms with Crippen LogP contribution < -0.4 is 15.2 Å². The summed E-state index contributed by atoms with van der Waals surface area (Å²) < 4.78 is 35.6. The lowest BCUT2D eigenvalue weighted by molar-refractivity contribution is 0.181. The molecule has 2 heterocycles. The summed E-state index contributed by atoms with van der Waals surface area (Å²) in [5.41, 5.74) is 14.3. The van der Waals surface area contributed by atoms with Gasteiger partial charge in [0.15, 0.2) is 9.84 Å². The summed E-state index contributed by atoms with van der Waals surface area (Å²) >= 11 is 0. The number of aryl methyl sites for hydroxylation is 1. The molecule has 6 rings (SSSR count). The van der Waals surface area contributed by atoms with Gasteiger partial charge in [0.2, 0.25) is 5.88 Å². The number of ether oxygens (including phenoxy) is 2. The molecule has 0 amide bonds. The van der Waals surface area contributed by atoms with Crippen molar-refractivity contribution in [3.05, 3.63) is 76.5 Å². The van der Waals surface area contributed by atoms with E-state index in [1.165, 1.54) is 16.7 Å². The lowest BCUT2D eigenvalue weighted by atomic mass is 9.96. The van der Waals surface area contributed by atoms with Gasteiger partial charge in [0.1, 0.15) is 18.5 Å². The second kappa shape index (κ2) is 8.89. The molecule has 0 unspecified atom stereocenters. The quantitative estimate of drug-likeness (QED) is 0.532. The molecule has 6 nitrogen and oxygen atoms in total. The zero-order chi connectivity index (χ0) is 25.0. The zero-order valence-corrected chi connectivity index (χ0v) is 21.6. The highest BCUT2D eigenvalue weighted by Crippen LogP contribution is 2.55. The summed E-state index contributed by atoms with van der Waals surface area (Å²) in [7, 11) is -2.91. The summed E-state index contributed by atoms with van der Waals surface area (Å²) in [6.07, 6.45) is 2.00. The van der Waals surface area contributed by atoms with E-state index >= 15 is 0 Å². The maximum atomic E-state index is 11.7. The third-order valence-electron chi connectivity index (χ3n) is 8.14. The number of hydrogen-bond acceptors (Lipinski definition) is 6. The lowest BCUT2D eigenvalue weighted by Gasteiger charge is -2.23. The molecule has 7 heteroatoms. The number of fused-ring (bicyclic) bond motifs is 3. The van der Waals surface area contributed by atoms with E-state index in [0.29, 0.717) is 43.2 Å². The van der Waals surface area contributed by atoms with E-state index < -0.39 is 9.84 Å². The Kier molecular flexibility index (Phi) is 5.80. The van der Waals surface area contributed by atoms with Crippen LogP contribution in [0.1, 0.15) is 46.7 Å². The van der Waals surface area contributed by atoms with Gasteiger partial charge in [-0.1, -0.05) is 24.3 Å². The maximum Gasteiger partial charge on any atom is 0.213 e. The van der Waals surface area contributed by atoms with Crippen LogP contribution in [-0.2, 0) is 22.9 Å². The molecule has 2 N–H and O–H groups in total. The molecule has 1 saturated carbocycles. The standard InChI is InChI=1S/C29H32N2O4S/c1-17-19(16-34-22-6-7-25-20(14-22)15-26-28(25)29(26)30)4-3-5-23(17)24-8-9-27(31-18(24)2)35-21-10-12-36(32,33)13-11-21/h3-9,14,21,26,28-29H,10-13,15-16,30H2,1-2H3/t26-,28+,29+/m1/s1. The predicted octanol–water partition coefficient (Wildman–Crippen LogP) is 4.50. The molecule has 0 spiro atoms.